The van der Waals surface area contributed by atoms with Gasteiger partial charge in [0.05, 0.1) is 10.6 Å². The van der Waals surface area contributed by atoms with E-state index in [0.717, 1.165) is 5.56 Å². The maximum atomic E-state index is 12.9. The van der Waals surface area contributed by atoms with Crippen LogP contribution in [-0.2, 0) is 11.8 Å². The van der Waals surface area contributed by atoms with Crippen LogP contribution >= 0.6 is 11.6 Å². The Morgan fingerprint density at radius 1 is 1.25 bits per heavy atom. The summed E-state index contributed by atoms with van der Waals surface area (Å²) < 4.78 is 1.61. The second kappa shape index (κ2) is 6.65. The molecule has 2 heterocycles. The van der Waals surface area contributed by atoms with E-state index in [1.165, 1.54) is 0 Å². The van der Waals surface area contributed by atoms with Crippen molar-refractivity contribution in [1.29, 1.82) is 0 Å². The van der Waals surface area contributed by atoms with E-state index in [9.17, 15) is 9.59 Å². The first-order valence-electron chi connectivity index (χ1n) is 7.84. The number of aryl methyl sites for hydroxylation is 1. The molecule has 0 unspecified atom stereocenters. The molecule has 1 aromatic heterocycles. The molecule has 2 amide bonds. The third-order valence-corrected chi connectivity index (χ3v) is 4.70. The fraction of sp³-hybridized carbons (Fsp3) is 0.353. The summed E-state index contributed by atoms with van der Waals surface area (Å²) in [4.78, 5) is 25.9. The Balaban J connectivity index is 1.87. The van der Waals surface area contributed by atoms with Crippen LogP contribution in [-0.4, -0.2) is 39.6 Å². The maximum Gasteiger partial charge on any atom is 0.257 e. The first-order chi connectivity index (χ1) is 11.5. The fourth-order valence-electron chi connectivity index (χ4n) is 3.03. The lowest BCUT2D eigenvalue weighted by atomic mass is 9.95. The van der Waals surface area contributed by atoms with Gasteiger partial charge in [0.25, 0.3) is 5.91 Å². The smallest absolute Gasteiger partial charge is 0.257 e. The Morgan fingerprint density at radius 3 is 2.54 bits per heavy atom. The van der Waals surface area contributed by atoms with Gasteiger partial charge in [-0.1, -0.05) is 29.8 Å². The molecule has 1 aliphatic heterocycles. The van der Waals surface area contributed by atoms with E-state index in [4.69, 9.17) is 17.3 Å². The molecule has 0 bridgehead atoms. The molecule has 1 saturated heterocycles. The fourth-order valence-corrected chi connectivity index (χ4v) is 3.26. The van der Waals surface area contributed by atoms with E-state index < -0.39 is 0 Å². The number of hydrogen-bond donors (Lipinski definition) is 1. The normalized spacial score (nSPS) is 15.5. The molecule has 0 spiro atoms. The molecule has 0 aliphatic carbocycles. The quantitative estimate of drug-likeness (QED) is 0.923. The van der Waals surface area contributed by atoms with Gasteiger partial charge in [0.2, 0.25) is 5.91 Å². The van der Waals surface area contributed by atoms with Gasteiger partial charge in [-0.25, -0.2) is 0 Å². The van der Waals surface area contributed by atoms with Crippen LogP contribution in [0.2, 0.25) is 5.02 Å². The van der Waals surface area contributed by atoms with Gasteiger partial charge in [-0.05, 0) is 18.9 Å². The van der Waals surface area contributed by atoms with Gasteiger partial charge < -0.3 is 10.6 Å². The minimum atomic E-state index is -0.291. The molecule has 1 aromatic carbocycles. The van der Waals surface area contributed by atoms with Crippen molar-refractivity contribution in [2.24, 2.45) is 18.7 Å². The highest BCUT2D eigenvalue weighted by Gasteiger charge is 2.29. The number of hydrogen-bond acceptors (Lipinski definition) is 3. The molecule has 3 rings (SSSR count). The van der Waals surface area contributed by atoms with E-state index in [1.54, 1.807) is 28.9 Å². The molecular formula is C17H19ClN4O2. The molecule has 1 aliphatic rings. The zero-order valence-electron chi connectivity index (χ0n) is 13.4. The number of benzene rings is 1. The van der Waals surface area contributed by atoms with Crippen LogP contribution in [0.5, 0.6) is 0 Å². The number of aromatic nitrogens is 2. The number of carbonyl (C=O) groups is 2. The number of nitrogens with zero attached hydrogens (tertiary/aromatic N) is 3. The molecule has 7 heteroatoms. The molecule has 24 heavy (non-hydrogen) atoms. The SMILES string of the molecule is Cn1cc(C(=O)N2CCC(C(N)=O)CC2)c(-c2ccccc2Cl)n1. The van der Waals surface area contributed by atoms with Crippen LogP contribution in [0.4, 0.5) is 0 Å². The molecular weight excluding hydrogens is 328 g/mol. The molecule has 2 aromatic rings. The third-order valence-electron chi connectivity index (χ3n) is 4.37. The number of amides is 2. The number of likely N-dealkylation sites (tertiary alicyclic amines) is 1. The number of halogens is 1. The molecule has 0 saturated carbocycles. The van der Waals surface area contributed by atoms with Gasteiger partial charge in [0, 0.05) is 37.8 Å². The van der Waals surface area contributed by atoms with E-state index in [-0.39, 0.29) is 17.7 Å². The molecule has 0 atom stereocenters. The summed E-state index contributed by atoms with van der Waals surface area (Å²) in [5, 5.41) is 4.96. The topological polar surface area (TPSA) is 81.2 Å². The lowest BCUT2D eigenvalue weighted by Gasteiger charge is -2.30. The highest BCUT2D eigenvalue weighted by atomic mass is 35.5. The number of piperidine rings is 1. The first-order valence-corrected chi connectivity index (χ1v) is 8.22. The van der Waals surface area contributed by atoms with Crippen LogP contribution in [0, 0.1) is 5.92 Å². The number of carbonyl (C=O) groups excluding carboxylic acids is 2. The molecule has 0 radical (unpaired) electrons. The highest BCUT2D eigenvalue weighted by molar-refractivity contribution is 6.33. The lowest BCUT2D eigenvalue weighted by Crippen LogP contribution is -2.41. The number of rotatable bonds is 3. The average molecular weight is 347 g/mol. The Bertz CT molecular complexity index is 779. The number of primary amides is 1. The van der Waals surface area contributed by atoms with Gasteiger partial charge in [-0.3, -0.25) is 14.3 Å². The van der Waals surface area contributed by atoms with Crippen molar-refractivity contribution in [1.82, 2.24) is 14.7 Å². The van der Waals surface area contributed by atoms with Crippen LogP contribution < -0.4 is 5.73 Å². The minimum absolute atomic E-state index is 0.0964. The third kappa shape index (κ3) is 3.14. The Kier molecular flexibility index (Phi) is 4.57. The van der Waals surface area contributed by atoms with Crippen molar-refractivity contribution in [3.05, 3.63) is 41.0 Å². The zero-order chi connectivity index (χ0) is 17.3. The van der Waals surface area contributed by atoms with Gasteiger partial charge in [0.1, 0.15) is 5.69 Å². The lowest BCUT2D eigenvalue weighted by molar-refractivity contribution is -0.123. The largest absolute Gasteiger partial charge is 0.369 e. The van der Waals surface area contributed by atoms with Crippen molar-refractivity contribution >= 4 is 23.4 Å². The summed E-state index contributed by atoms with van der Waals surface area (Å²) in [6, 6.07) is 7.33. The van der Waals surface area contributed by atoms with Crippen LogP contribution in [0.3, 0.4) is 0 Å². The Hall–Kier alpha value is -2.34. The summed E-state index contributed by atoms with van der Waals surface area (Å²) in [6.45, 7) is 1.03. The van der Waals surface area contributed by atoms with E-state index in [0.29, 0.717) is 42.2 Å². The van der Waals surface area contributed by atoms with Gasteiger partial charge in [-0.2, -0.15) is 5.10 Å². The van der Waals surface area contributed by atoms with Gasteiger partial charge in [0.15, 0.2) is 0 Å². The average Bonchev–Trinajstić information content (AvgIpc) is 2.96. The minimum Gasteiger partial charge on any atom is -0.369 e. The van der Waals surface area contributed by atoms with E-state index in [2.05, 4.69) is 5.10 Å². The van der Waals surface area contributed by atoms with Crippen molar-refractivity contribution in [3.63, 3.8) is 0 Å². The summed E-state index contributed by atoms with van der Waals surface area (Å²) in [7, 11) is 1.77. The number of nitrogens with two attached hydrogens (primary N) is 1. The monoisotopic (exact) mass is 346 g/mol. The Labute approximate surface area is 145 Å². The maximum absolute atomic E-state index is 12.9. The molecule has 2 N–H and O–H groups in total. The Morgan fingerprint density at radius 2 is 1.92 bits per heavy atom. The van der Waals surface area contributed by atoms with Gasteiger partial charge >= 0.3 is 0 Å². The van der Waals surface area contributed by atoms with E-state index in [1.807, 2.05) is 18.2 Å². The predicted molar refractivity (Wildman–Crippen MR) is 91.5 cm³/mol. The summed E-state index contributed by atoms with van der Waals surface area (Å²) in [5.41, 5.74) is 7.17. The predicted octanol–water partition coefficient (Wildman–Crippen LogP) is 2.08. The molecule has 126 valence electrons. The zero-order valence-corrected chi connectivity index (χ0v) is 14.2. The summed E-state index contributed by atoms with van der Waals surface area (Å²) in [5.74, 6) is -0.535. The van der Waals surface area contributed by atoms with Crippen LogP contribution in [0.15, 0.2) is 30.5 Å². The summed E-state index contributed by atoms with van der Waals surface area (Å²) >= 11 is 6.26. The molecule has 1 fully saturated rings. The van der Waals surface area contributed by atoms with Gasteiger partial charge in [-0.15, -0.1) is 0 Å². The first kappa shape index (κ1) is 16.5. The van der Waals surface area contributed by atoms with Crippen molar-refractivity contribution < 1.29 is 9.59 Å². The highest BCUT2D eigenvalue weighted by Crippen LogP contribution is 2.30. The van der Waals surface area contributed by atoms with Crippen LogP contribution in [0.25, 0.3) is 11.3 Å². The molecule has 6 nitrogen and oxygen atoms in total. The second-order valence-corrected chi connectivity index (χ2v) is 6.42. The second-order valence-electron chi connectivity index (χ2n) is 6.01. The standard InChI is InChI=1S/C17H19ClN4O2/c1-21-10-13(15(20-21)12-4-2-3-5-14(12)18)17(24)22-8-6-11(7-9-22)16(19)23/h2-5,10-11H,6-9H2,1H3,(H2,19,23). The van der Waals surface area contributed by atoms with Crippen molar-refractivity contribution in [3.8, 4) is 11.3 Å². The van der Waals surface area contributed by atoms with Crippen LogP contribution in [0.1, 0.15) is 23.2 Å². The van der Waals surface area contributed by atoms with Crippen molar-refractivity contribution in [2.75, 3.05) is 13.1 Å². The van der Waals surface area contributed by atoms with Crippen molar-refractivity contribution in [2.45, 2.75) is 12.8 Å². The van der Waals surface area contributed by atoms with E-state index >= 15 is 0 Å². The summed E-state index contributed by atoms with van der Waals surface area (Å²) in [6.07, 6.45) is 2.91.